The molecule has 1 saturated heterocycles. The smallest absolute Gasteiger partial charge is 0.295 e. The molecule has 0 radical (unpaired) electrons. The van der Waals surface area contributed by atoms with Crippen molar-refractivity contribution in [3.8, 4) is 0 Å². The first-order valence-corrected chi connectivity index (χ1v) is 10.9. The Hall–Kier alpha value is -2.82. The average Bonchev–Trinajstić information content (AvgIpc) is 3.03. The monoisotopic (exact) mass is 453 g/mol. The van der Waals surface area contributed by atoms with Crippen LogP contribution < -0.4 is 0 Å². The summed E-state index contributed by atoms with van der Waals surface area (Å²) in [7, 11) is 0. The first-order valence-electron chi connectivity index (χ1n) is 10.2. The SMILES string of the molecule is CCCCN1C(=O)C(=O)/C(=C(\O)c2ccc(Cl)c(Cl)c2)C1c1cccc2ccccc12. The normalized spacial score (nSPS) is 18.2. The van der Waals surface area contributed by atoms with Crippen molar-refractivity contribution in [3.05, 3.63) is 87.4 Å². The maximum Gasteiger partial charge on any atom is 0.295 e. The van der Waals surface area contributed by atoms with E-state index in [9.17, 15) is 14.7 Å². The van der Waals surface area contributed by atoms with Crippen molar-refractivity contribution in [2.45, 2.75) is 25.8 Å². The van der Waals surface area contributed by atoms with Crippen molar-refractivity contribution < 1.29 is 14.7 Å². The maximum absolute atomic E-state index is 13.1. The molecule has 4 nitrogen and oxygen atoms in total. The molecule has 1 aliphatic heterocycles. The second-order valence-electron chi connectivity index (χ2n) is 7.54. The van der Waals surface area contributed by atoms with Crippen LogP contribution in [0.1, 0.15) is 36.9 Å². The Morgan fingerprint density at radius 3 is 2.48 bits per heavy atom. The molecule has 3 aromatic carbocycles. The van der Waals surface area contributed by atoms with Gasteiger partial charge in [-0.05, 0) is 41.0 Å². The summed E-state index contributed by atoms with van der Waals surface area (Å²) >= 11 is 12.1. The number of rotatable bonds is 5. The molecule has 0 aromatic heterocycles. The first-order chi connectivity index (χ1) is 14.9. The molecule has 158 valence electrons. The van der Waals surface area contributed by atoms with E-state index in [1.54, 1.807) is 17.0 Å². The van der Waals surface area contributed by atoms with E-state index in [1.807, 2.05) is 49.4 Å². The van der Waals surface area contributed by atoms with Crippen LogP contribution in [0.3, 0.4) is 0 Å². The van der Waals surface area contributed by atoms with E-state index < -0.39 is 17.7 Å². The molecule has 0 bridgehead atoms. The Labute approximate surface area is 190 Å². The molecule has 1 amide bonds. The molecule has 0 aliphatic carbocycles. The number of Topliss-reactive ketones (excluding diaryl/α,β-unsaturated/α-hetero) is 1. The highest BCUT2D eigenvalue weighted by molar-refractivity contribution is 6.47. The fourth-order valence-corrected chi connectivity index (χ4v) is 4.35. The molecule has 31 heavy (non-hydrogen) atoms. The van der Waals surface area contributed by atoms with Crippen LogP contribution in [0.5, 0.6) is 0 Å². The Kier molecular flexibility index (Phi) is 6.03. The van der Waals surface area contributed by atoms with Crippen molar-refractivity contribution in [2.75, 3.05) is 6.54 Å². The second-order valence-corrected chi connectivity index (χ2v) is 8.36. The van der Waals surface area contributed by atoms with Crippen molar-refractivity contribution in [2.24, 2.45) is 0 Å². The molecule has 6 heteroatoms. The van der Waals surface area contributed by atoms with Crippen LogP contribution in [-0.4, -0.2) is 28.2 Å². The minimum atomic E-state index is -0.697. The minimum Gasteiger partial charge on any atom is -0.507 e. The summed E-state index contributed by atoms with van der Waals surface area (Å²) in [6.07, 6.45) is 1.62. The van der Waals surface area contributed by atoms with Crippen LogP contribution in [0.4, 0.5) is 0 Å². The van der Waals surface area contributed by atoms with Gasteiger partial charge in [-0.25, -0.2) is 0 Å². The van der Waals surface area contributed by atoms with E-state index in [4.69, 9.17) is 23.2 Å². The summed E-state index contributed by atoms with van der Waals surface area (Å²) in [5.74, 6) is -1.56. The Morgan fingerprint density at radius 2 is 1.74 bits per heavy atom. The number of amides is 1. The summed E-state index contributed by atoms with van der Waals surface area (Å²) in [6, 6.07) is 17.5. The summed E-state index contributed by atoms with van der Waals surface area (Å²) in [5, 5.41) is 13.7. The van der Waals surface area contributed by atoms with Crippen molar-refractivity contribution in [3.63, 3.8) is 0 Å². The summed E-state index contributed by atoms with van der Waals surface area (Å²) in [5.41, 5.74) is 1.21. The third kappa shape index (κ3) is 3.82. The van der Waals surface area contributed by atoms with E-state index in [1.165, 1.54) is 6.07 Å². The Bertz CT molecular complexity index is 1210. The van der Waals surface area contributed by atoms with Gasteiger partial charge >= 0.3 is 0 Å². The van der Waals surface area contributed by atoms with Gasteiger partial charge in [0.15, 0.2) is 0 Å². The number of benzene rings is 3. The lowest BCUT2D eigenvalue weighted by Gasteiger charge is -2.26. The fraction of sp³-hybridized carbons (Fsp3) is 0.200. The molecule has 1 fully saturated rings. The zero-order valence-electron chi connectivity index (χ0n) is 16.9. The molecule has 3 aromatic rings. The lowest BCUT2D eigenvalue weighted by molar-refractivity contribution is -0.139. The van der Waals surface area contributed by atoms with Crippen molar-refractivity contribution >= 4 is 51.4 Å². The van der Waals surface area contributed by atoms with Gasteiger partial charge in [0.25, 0.3) is 11.7 Å². The third-order valence-electron chi connectivity index (χ3n) is 5.60. The van der Waals surface area contributed by atoms with Gasteiger partial charge in [-0.2, -0.15) is 0 Å². The van der Waals surface area contributed by atoms with Gasteiger partial charge in [-0.3, -0.25) is 9.59 Å². The summed E-state index contributed by atoms with van der Waals surface area (Å²) < 4.78 is 0. The number of unbranched alkanes of at least 4 members (excludes halogenated alkanes) is 1. The van der Waals surface area contributed by atoms with Gasteiger partial charge in [0.1, 0.15) is 5.76 Å². The zero-order valence-corrected chi connectivity index (χ0v) is 18.5. The number of hydrogen-bond donors (Lipinski definition) is 1. The predicted molar refractivity (Wildman–Crippen MR) is 124 cm³/mol. The largest absolute Gasteiger partial charge is 0.507 e. The van der Waals surface area contributed by atoms with E-state index in [2.05, 4.69) is 0 Å². The molecular weight excluding hydrogens is 433 g/mol. The number of ketones is 1. The van der Waals surface area contributed by atoms with Gasteiger partial charge in [0, 0.05) is 12.1 Å². The molecule has 0 saturated carbocycles. The number of nitrogens with zero attached hydrogens (tertiary/aromatic N) is 1. The van der Waals surface area contributed by atoms with Crippen LogP contribution in [0.2, 0.25) is 10.0 Å². The van der Waals surface area contributed by atoms with E-state index in [0.717, 1.165) is 29.2 Å². The van der Waals surface area contributed by atoms with Crippen molar-refractivity contribution in [1.82, 2.24) is 4.90 Å². The molecule has 1 aliphatic rings. The maximum atomic E-state index is 13.1. The lowest BCUT2D eigenvalue weighted by Crippen LogP contribution is -2.30. The van der Waals surface area contributed by atoms with E-state index in [-0.39, 0.29) is 16.4 Å². The fourth-order valence-electron chi connectivity index (χ4n) is 4.05. The molecule has 1 N–H and O–H groups in total. The van der Waals surface area contributed by atoms with Gasteiger partial charge in [-0.15, -0.1) is 0 Å². The highest BCUT2D eigenvalue weighted by atomic mass is 35.5. The number of hydrogen-bond acceptors (Lipinski definition) is 3. The van der Waals surface area contributed by atoms with Gasteiger partial charge in [0.2, 0.25) is 0 Å². The standard InChI is InChI=1S/C25H21Cl2NO3/c1-2-3-13-28-22(18-10-6-8-15-7-4-5-9-17(15)18)21(24(30)25(28)31)23(29)16-11-12-19(26)20(27)14-16/h4-12,14,22,29H,2-3,13H2,1H3/b23-21-. The van der Waals surface area contributed by atoms with Crippen LogP contribution in [-0.2, 0) is 9.59 Å². The van der Waals surface area contributed by atoms with Crippen LogP contribution in [0, 0.1) is 0 Å². The van der Waals surface area contributed by atoms with Crippen LogP contribution in [0.25, 0.3) is 16.5 Å². The highest BCUT2D eigenvalue weighted by Crippen LogP contribution is 2.42. The van der Waals surface area contributed by atoms with Gasteiger partial charge in [-0.1, -0.05) is 79.0 Å². The molecule has 4 rings (SSSR count). The van der Waals surface area contributed by atoms with Crippen molar-refractivity contribution in [1.29, 1.82) is 0 Å². The van der Waals surface area contributed by atoms with Crippen LogP contribution in [0.15, 0.2) is 66.2 Å². The number of aliphatic hydroxyl groups excluding tert-OH is 1. The molecule has 1 unspecified atom stereocenters. The minimum absolute atomic E-state index is 0.0656. The summed E-state index contributed by atoms with van der Waals surface area (Å²) in [4.78, 5) is 27.6. The Balaban J connectivity index is 1.96. The molecule has 1 atom stereocenters. The number of likely N-dealkylation sites (tertiary alicyclic amines) is 1. The van der Waals surface area contributed by atoms with E-state index >= 15 is 0 Å². The molecule has 0 spiro atoms. The number of fused-ring (bicyclic) bond motifs is 1. The quantitative estimate of drug-likeness (QED) is 0.277. The zero-order chi connectivity index (χ0) is 22.1. The molecule has 1 heterocycles. The predicted octanol–water partition coefficient (Wildman–Crippen LogP) is 6.37. The van der Waals surface area contributed by atoms with Crippen LogP contribution >= 0.6 is 23.2 Å². The number of aliphatic hydroxyl groups is 1. The average molecular weight is 454 g/mol. The van der Waals surface area contributed by atoms with Gasteiger partial charge < -0.3 is 10.0 Å². The highest BCUT2D eigenvalue weighted by Gasteiger charge is 2.46. The molecular formula is C25H21Cl2NO3. The topological polar surface area (TPSA) is 57.6 Å². The van der Waals surface area contributed by atoms with Gasteiger partial charge in [0.05, 0.1) is 21.7 Å². The number of carbonyl (C=O) groups is 2. The second kappa shape index (κ2) is 8.74. The number of halogens is 2. The lowest BCUT2D eigenvalue weighted by atomic mass is 9.91. The Morgan fingerprint density at radius 1 is 1.00 bits per heavy atom. The third-order valence-corrected chi connectivity index (χ3v) is 6.34. The number of carbonyl (C=O) groups excluding carboxylic acids is 2. The summed E-state index contributed by atoms with van der Waals surface area (Å²) in [6.45, 7) is 2.45. The first kappa shape index (κ1) is 21.4. The van der Waals surface area contributed by atoms with E-state index in [0.29, 0.717) is 17.1 Å².